The Morgan fingerprint density at radius 2 is 1.90 bits per heavy atom. The number of carbonyl (C=O) groups excluding carboxylic acids is 1. The van der Waals surface area contributed by atoms with Gasteiger partial charge in [-0.05, 0) is 12.5 Å². The lowest BCUT2D eigenvalue weighted by molar-refractivity contribution is 0.0803. The number of nitrogens with zero attached hydrogens (tertiary/aromatic N) is 1. The maximum Gasteiger partial charge on any atom is 0.254 e. The number of carbonyl (C=O) groups is 1. The molecule has 0 spiro atoms. The molecule has 1 heterocycles. The zero-order valence-electron chi connectivity index (χ0n) is 11.3. The van der Waals surface area contributed by atoms with Crippen molar-refractivity contribution in [2.45, 2.75) is 11.1 Å². The Morgan fingerprint density at radius 1 is 1.35 bits per heavy atom. The highest BCUT2D eigenvalue weighted by Crippen LogP contribution is 2.26. The summed E-state index contributed by atoms with van der Waals surface area (Å²) < 4.78 is 44.7. The summed E-state index contributed by atoms with van der Waals surface area (Å²) in [7, 11) is -5.57. The van der Waals surface area contributed by atoms with Crippen LogP contribution in [0.3, 0.4) is 0 Å². The fourth-order valence-corrected chi connectivity index (χ4v) is 4.11. The number of primary sulfonamides is 1. The Kier molecular flexibility index (Phi) is 4.95. The zero-order valence-corrected chi connectivity index (χ0v) is 13.7. The Balaban J connectivity index is 2.97. The van der Waals surface area contributed by atoms with Gasteiger partial charge in [0, 0.05) is 25.2 Å². The first kappa shape index (κ1) is 17.1. The fraction of sp³-hybridized carbons (Fsp3) is 0.500. The normalized spacial score (nSPS) is 12.4. The molecule has 0 aliphatic rings. The summed E-state index contributed by atoms with van der Waals surface area (Å²) in [6, 6.07) is 0. The van der Waals surface area contributed by atoms with Gasteiger partial charge in [0.2, 0.25) is 10.0 Å². The van der Waals surface area contributed by atoms with Crippen LogP contribution in [0.25, 0.3) is 0 Å². The van der Waals surface area contributed by atoms with Crippen LogP contribution in [0.15, 0.2) is 9.59 Å². The molecule has 10 heteroatoms. The van der Waals surface area contributed by atoms with E-state index in [4.69, 9.17) is 5.14 Å². The van der Waals surface area contributed by atoms with E-state index in [0.29, 0.717) is 0 Å². The van der Waals surface area contributed by atoms with Gasteiger partial charge in [-0.2, -0.15) is 0 Å². The molecule has 7 nitrogen and oxygen atoms in total. The van der Waals surface area contributed by atoms with Crippen molar-refractivity contribution in [1.29, 1.82) is 0 Å². The van der Waals surface area contributed by atoms with Crippen LogP contribution in [-0.2, 0) is 19.9 Å². The molecule has 0 aromatic carbocycles. The second kappa shape index (κ2) is 5.80. The molecule has 1 amide bonds. The first-order valence-corrected chi connectivity index (χ1v) is 9.96. The van der Waals surface area contributed by atoms with E-state index >= 15 is 0 Å². The molecular weight excluding hydrogens is 324 g/mol. The summed E-state index contributed by atoms with van der Waals surface area (Å²) in [5, 5.41) is 6.45. The monoisotopic (exact) mass is 340 g/mol. The van der Waals surface area contributed by atoms with Crippen molar-refractivity contribution >= 4 is 37.1 Å². The van der Waals surface area contributed by atoms with Crippen molar-refractivity contribution in [2.24, 2.45) is 5.14 Å². The van der Waals surface area contributed by atoms with Crippen molar-refractivity contribution in [3.05, 3.63) is 16.5 Å². The molecule has 0 radical (unpaired) electrons. The maximum absolute atomic E-state index is 12.1. The van der Waals surface area contributed by atoms with E-state index in [9.17, 15) is 21.6 Å². The van der Waals surface area contributed by atoms with Crippen molar-refractivity contribution in [3.8, 4) is 0 Å². The summed E-state index contributed by atoms with van der Waals surface area (Å²) in [5.74, 6) is -0.585. The van der Waals surface area contributed by atoms with Gasteiger partial charge in [0.25, 0.3) is 5.91 Å². The van der Waals surface area contributed by atoms with Crippen LogP contribution in [0.1, 0.15) is 15.9 Å². The standard InChI is InChI=1S/C10H16N2O5S3/c1-7-8(6-18-10(7)20(11,16)17)9(13)12(2)4-5-19(3,14)15/h6H,4-5H2,1-3H3,(H2,11,16,17). The van der Waals surface area contributed by atoms with Crippen LogP contribution < -0.4 is 5.14 Å². The molecule has 1 aromatic heterocycles. The van der Waals surface area contributed by atoms with E-state index in [1.807, 2.05) is 0 Å². The van der Waals surface area contributed by atoms with E-state index in [2.05, 4.69) is 0 Å². The summed E-state index contributed by atoms with van der Waals surface area (Å²) in [4.78, 5) is 13.4. The average Bonchev–Trinajstić information content (AvgIpc) is 2.65. The summed E-state index contributed by atoms with van der Waals surface area (Å²) in [5.41, 5.74) is 0.503. The minimum Gasteiger partial charge on any atom is -0.341 e. The van der Waals surface area contributed by atoms with Crippen LogP contribution in [0, 0.1) is 6.92 Å². The van der Waals surface area contributed by atoms with Crippen LogP contribution in [-0.4, -0.2) is 53.2 Å². The van der Waals surface area contributed by atoms with Gasteiger partial charge in [-0.1, -0.05) is 0 Å². The molecule has 0 fully saturated rings. The first-order chi connectivity index (χ1) is 8.93. The minimum absolute atomic E-state index is 0.0393. The molecule has 1 aromatic rings. The molecule has 0 aliphatic carbocycles. The van der Waals surface area contributed by atoms with Gasteiger partial charge in [0.05, 0.1) is 11.3 Å². The summed E-state index contributed by atoms with van der Waals surface area (Å²) in [6.45, 7) is 1.53. The highest BCUT2D eigenvalue weighted by molar-refractivity contribution is 7.91. The Bertz CT molecular complexity index is 718. The van der Waals surface area contributed by atoms with Crippen LogP contribution >= 0.6 is 11.3 Å². The molecule has 0 atom stereocenters. The topological polar surface area (TPSA) is 115 Å². The van der Waals surface area contributed by atoms with Gasteiger partial charge in [-0.3, -0.25) is 4.79 Å². The third-order valence-corrected chi connectivity index (χ3v) is 6.23. The molecule has 0 bridgehead atoms. The third-order valence-electron chi connectivity index (χ3n) is 2.63. The minimum atomic E-state index is -3.86. The van der Waals surface area contributed by atoms with Gasteiger partial charge in [-0.25, -0.2) is 22.0 Å². The SMILES string of the molecule is Cc1c(C(=O)N(C)CCS(C)(=O)=O)csc1S(N)(=O)=O. The zero-order chi connectivity index (χ0) is 15.7. The molecular formula is C10H16N2O5S3. The number of sulfone groups is 1. The van der Waals surface area contributed by atoms with Gasteiger partial charge < -0.3 is 4.90 Å². The molecule has 0 saturated carbocycles. The number of hydrogen-bond donors (Lipinski definition) is 1. The largest absolute Gasteiger partial charge is 0.341 e. The van der Waals surface area contributed by atoms with E-state index < -0.39 is 25.8 Å². The van der Waals surface area contributed by atoms with E-state index in [0.717, 1.165) is 17.6 Å². The second-order valence-corrected chi connectivity index (χ2v) is 9.36. The predicted octanol–water partition coefficient (Wildman–Crippen LogP) is -0.179. The number of sulfonamides is 1. The molecule has 114 valence electrons. The Hall–Kier alpha value is -0.970. The van der Waals surface area contributed by atoms with Crippen LogP contribution in [0.2, 0.25) is 0 Å². The Morgan fingerprint density at radius 3 is 2.30 bits per heavy atom. The van der Waals surface area contributed by atoms with Crippen molar-refractivity contribution in [3.63, 3.8) is 0 Å². The van der Waals surface area contributed by atoms with Crippen LogP contribution in [0.5, 0.6) is 0 Å². The van der Waals surface area contributed by atoms with Crippen LogP contribution in [0.4, 0.5) is 0 Å². The quantitative estimate of drug-likeness (QED) is 0.798. The summed E-state index contributed by atoms with van der Waals surface area (Å²) in [6.07, 6.45) is 1.08. The van der Waals surface area contributed by atoms with E-state index in [-0.39, 0.29) is 27.6 Å². The molecule has 20 heavy (non-hydrogen) atoms. The highest BCUT2D eigenvalue weighted by atomic mass is 32.2. The molecule has 0 unspecified atom stereocenters. The van der Waals surface area contributed by atoms with Gasteiger partial charge >= 0.3 is 0 Å². The number of thiophene rings is 1. The van der Waals surface area contributed by atoms with Crippen molar-refractivity contribution < 1.29 is 21.6 Å². The molecule has 2 N–H and O–H groups in total. The number of amides is 1. The van der Waals surface area contributed by atoms with E-state index in [1.54, 1.807) is 0 Å². The Labute approximate surface area is 122 Å². The predicted molar refractivity (Wildman–Crippen MR) is 77.1 cm³/mol. The number of rotatable bonds is 5. The lowest BCUT2D eigenvalue weighted by atomic mass is 10.2. The lowest BCUT2D eigenvalue weighted by Crippen LogP contribution is -2.31. The van der Waals surface area contributed by atoms with Crippen molar-refractivity contribution in [1.82, 2.24) is 4.90 Å². The highest BCUT2D eigenvalue weighted by Gasteiger charge is 2.23. The second-order valence-electron chi connectivity index (χ2n) is 4.46. The number of hydrogen-bond acceptors (Lipinski definition) is 6. The molecule has 0 aliphatic heterocycles. The van der Waals surface area contributed by atoms with Gasteiger partial charge in [0.1, 0.15) is 14.0 Å². The molecule has 1 rings (SSSR count). The lowest BCUT2D eigenvalue weighted by Gasteiger charge is -2.16. The molecule has 0 saturated heterocycles. The fourth-order valence-electron chi connectivity index (χ4n) is 1.50. The summed E-state index contributed by atoms with van der Waals surface area (Å²) >= 11 is 0.874. The number of nitrogens with two attached hydrogens (primary N) is 1. The smallest absolute Gasteiger partial charge is 0.254 e. The third kappa shape index (κ3) is 4.27. The first-order valence-electron chi connectivity index (χ1n) is 5.47. The maximum atomic E-state index is 12.1. The van der Waals surface area contributed by atoms with Gasteiger partial charge in [0.15, 0.2) is 0 Å². The average molecular weight is 340 g/mol. The van der Waals surface area contributed by atoms with Gasteiger partial charge in [-0.15, -0.1) is 11.3 Å². The van der Waals surface area contributed by atoms with E-state index in [1.165, 1.54) is 24.3 Å². The van der Waals surface area contributed by atoms with Crippen molar-refractivity contribution in [2.75, 3.05) is 25.6 Å².